The van der Waals surface area contributed by atoms with Crippen molar-refractivity contribution in [3.8, 4) is 0 Å². The maximum absolute atomic E-state index is 12.1. The second-order valence-corrected chi connectivity index (χ2v) is 4.84. The number of carbonyl (C=O) groups is 1. The van der Waals surface area contributed by atoms with E-state index in [0.29, 0.717) is 11.6 Å². The summed E-state index contributed by atoms with van der Waals surface area (Å²) < 4.78 is 0. The van der Waals surface area contributed by atoms with Crippen molar-refractivity contribution >= 4 is 17.5 Å². The maximum atomic E-state index is 12.1. The van der Waals surface area contributed by atoms with Gasteiger partial charge in [0.15, 0.2) is 0 Å². The summed E-state index contributed by atoms with van der Waals surface area (Å²) in [7, 11) is 0. The van der Waals surface area contributed by atoms with Crippen molar-refractivity contribution in [3.05, 3.63) is 41.5 Å². The quantitative estimate of drug-likeness (QED) is 0.882. The zero-order chi connectivity index (χ0) is 15.2. The maximum Gasteiger partial charge on any atom is 0.277 e. The third-order valence-corrected chi connectivity index (χ3v) is 2.78. The van der Waals surface area contributed by atoms with Gasteiger partial charge in [0.25, 0.3) is 5.91 Å². The molecule has 0 radical (unpaired) electrons. The van der Waals surface area contributed by atoms with Gasteiger partial charge in [-0.25, -0.2) is 15.0 Å². The highest BCUT2D eigenvalue weighted by Gasteiger charge is 2.09. The van der Waals surface area contributed by atoms with E-state index >= 15 is 0 Å². The summed E-state index contributed by atoms with van der Waals surface area (Å²) in [5.41, 5.74) is 2.16. The minimum absolute atomic E-state index is 0.262. The number of hydrogen-bond donors (Lipinski definition) is 2. The van der Waals surface area contributed by atoms with Gasteiger partial charge in [0.1, 0.15) is 17.3 Å². The fourth-order valence-corrected chi connectivity index (χ4v) is 1.88. The number of rotatable bonds is 5. The molecule has 0 unspecified atom stereocenters. The number of aromatic nitrogens is 3. The van der Waals surface area contributed by atoms with Crippen LogP contribution in [0.25, 0.3) is 0 Å². The molecular weight excluding hydrogens is 266 g/mol. The summed E-state index contributed by atoms with van der Waals surface area (Å²) >= 11 is 0. The highest BCUT2D eigenvalue weighted by Crippen LogP contribution is 2.10. The summed E-state index contributed by atoms with van der Waals surface area (Å²) in [4.78, 5) is 24.6. The van der Waals surface area contributed by atoms with E-state index < -0.39 is 0 Å². The van der Waals surface area contributed by atoms with Crippen LogP contribution in [0.2, 0.25) is 0 Å². The molecule has 0 aliphatic heterocycles. The molecule has 6 heteroatoms. The monoisotopic (exact) mass is 285 g/mol. The molecule has 2 N–H and O–H groups in total. The summed E-state index contributed by atoms with van der Waals surface area (Å²) in [6, 6.07) is 3.76. The summed E-state index contributed by atoms with van der Waals surface area (Å²) in [6.07, 6.45) is 4.01. The van der Waals surface area contributed by atoms with Gasteiger partial charge in [0, 0.05) is 12.2 Å². The van der Waals surface area contributed by atoms with Gasteiger partial charge in [-0.3, -0.25) is 4.79 Å². The van der Waals surface area contributed by atoms with E-state index in [1.165, 1.54) is 6.20 Å². The minimum Gasteiger partial charge on any atom is -0.369 e. The largest absolute Gasteiger partial charge is 0.369 e. The van der Waals surface area contributed by atoms with Crippen LogP contribution in [-0.4, -0.2) is 27.4 Å². The van der Waals surface area contributed by atoms with Crippen molar-refractivity contribution in [2.75, 3.05) is 17.2 Å². The van der Waals surface area contributed by atoms with Gasteiger partial charge in [0.2, 0.25) is 0 Å². The number of hydrogen-bond acceptors (Lipinski definition) is 5. The Balaban J connectivity index is 2.06. The first kappa shape index (κ1) is 14.9. The standard InChI is InChI=1S/C15H19N5O/c1-4-5-16-14-9-17-12(8-18-14)15(21)20-13-7-10(2)6-11(3)19-13/h6-9H,4-5H2,1-3H3,(H,16,18)(H,19,20,21). The molecule has 0 fully saturated rings. The molecule has 2 heterocycles. The Morgan fingerprint density at radius 3 is 2.57 bits per heavy atom. The van der Waals surface area contributed by atoms with Gasteiger partial charge in [-0.1, -0.05) is 6.92 Å². The summed E-state index contributed by atoms with van der Waals surface area (Å²) in [6.45, 7) is 6.74. The highest BCUT2D eigenvalue weighted by molar-refractivity contribution is 6.02. The van der Waals surface area contributed by atoms with E-state index in [2.05, 4.69) is 32.5 Å². The van der Waals surface area contributed by atoms with Gasteiger partial charge >= 0.3 is 0 Å². The zero-order valence-corrected chi connectivity index (χ0v) is 12.5. The average Bonchev–Trinajstić information content (AvgIpc) is 2.44. The molecule has 2 aromatic heterocycles. The first-order chi connectivity index (χ1) is 10.1. The fourth-order valence-electron chi connectivity index (χ4n) is 1.88. The summed E-state index contributed by atoms with van der Waals surface area (Å²) in [5, 5.41) is 5.84. The predicted molar refractivity (Wildman–Crippen MR) is 82.5 cm³/mol. The second-order valence-electron chi connectivity index (χ2n) is 4.84. The molecule has 0 saturated carbocycles. The zero-order valence-electron chi connectivity index (χ0n) is 12.5. The smallest absolute Gasteiger partial charge is 0.277 e. The molecule has 1 amide bonds. The van der Waals surface area contributed by atoms with Crippen LogP contribution in [0, 0.1) is 13.8 Å². The number of amides is 1. The first-order valence-corrected chi connectivity index (χ1v) is 6.91. The number of nitrogens with zero attached hydrogens (tertiary/aromatic N) is 3. The molecule has 0 aromatic carbocycles. The van der Waals surface area contributed by atoms with Gasteiger partial charge in [-0.2, -0.15) is 0 Å². The van der Waals surface area contributed by atoms with Crippen molar-refractivity contribution in [1.82, 2.24) is 15.0 Å². The van der Waals surface area contributed by atoms with E-state index in [4.69, 9.17) is 0 Å². The highest BCUT2D eigenvalue weighted by atomic mass is 16.1. The van der Waals surface area contributed by atoms with Gasteiger partial charge in [-0.05, 0) is 38.0 Å². The number of anilines is 2. The molecule has 2 aromatic rings. The Labute approximate surface area is 124 Å². The third kappa shape index (κ3) is 4.24. The molecule has 0 aliphatic rings. The molecule has 2 rings (SSSR count). The fraction of sp³-hybridized carbons (Fsp3) is 0.333. The van der Waals surface area contributed by atoms with Gasteiger partial charge in [-0.15, -0.1) is 0 Å². The Morgan fingerprint density at radius 2 is 1.95 bits per heavy atom. The number of carbonyl (C=O) groups excluding carboxylic acids is 1. The van der Waals surface area contributed by atoms with Crippen molar-refractivity contribution < 1.29 is 4.79 Å². The number of aryl methyl sites for hydroxylation is 2. The van der Waals surface area contributed by atoms with Crippen LogP contribution in [0.15, 0.2) is 24.5 Å². The lowest BCUT2D eigenvalue weighted by atomic mass is 10.2. The van der Waals surface area contributed by atoms with Crippen molar-refractivity contribution in [3.63, 3.8) is 0 Å². The van der Waals surface area contributed by atoms with Crippen LogP contribution in [0.3, 0.4) is 0 Å². The van der Waals surface area contributed by atoms with Crippen LogP contribution in [0.5, 0.6) is 0 Å². The van der Waals surface area contributed by atoms with Crippen LogP contribution in [0.1, 0.15) is 35.1 Å². The molecule has 6 nitrogen and oxygen atoms in total. The number of nitrogens with one attached hydrogen (secondary N) is 2. The number of pyridine rings is 1. The lowest BCUT2D eigenvalue weighted by Crippen LogP contribution is -2.15. The van der Waals surface area contributed by atoms with E-state index in [9.17, 15) is 4.79 Å². The molecule has 0 atom stereocenters. The van der Waals surface area contributed by atoms with E-state index in [1.807, 2.05) is 26.0 Å². The predicted octanol–water partition coefficient (Wildman–Crippen LogP) is 2.56. The van der Waals surface area contributed by atoms with Crippen molar-refractivity contribution in [2.45, 2.75) is 27.2 Å². The van der Waals surface area contributed by atoms with Crippen LogP contribution < -0.4 is 10.6 Å². The van der Waals surface area contributed by atoms with E-state index in [-0.39, 0.29) is 11.6 Å². The van der Waals surface area contributed by atoms with Gasteiger partial charge in [0.05, 0.1) is 12.4 Å². The van der Waals surface area contributed by atoms with Crippen LogP contribution >= 0.6 is 0 Å². The molecule has 0 saturated heterocycles. The molecule has 110 valence electrons. The van der Waals surface area contributed by atoms with Crippen molar-refractivity contribution in [1.29, 1.82) is 0 Å². The Hall–Kier alpha value is -2.50. The van der Waals surface area contributed by atoms with Crippen molar-refractivity contribution in [2.24, 2.45) is 0 Å². The molecule has 21 heavy (non-hydrogen) atoms. The third-order valence-electron chi connectivity index (χ3n) is 2.78. The Morgan fingerprint density at radius 1 is 1.14 bits per heavy atom. The first-order valence-electron chi connectivity index (χ1n) is 6.91. The minimum atomic E-state index is -0.318. The Bertz CT molecular complexity index is 604. The lowest BCUT2D eigenvalue weighted by Gasteiger charge is -2.07. The topological polar surface area (TPSA) is 79.8 Å². The average molecular weight is 285 g/mol. The normalized spacial score (nSPS) is 10.2. The van der Waals surface area contributed by atoms with Crippen LogP contribution in [-0.2, 0) is 0 Å². The molecule has 0 spiro atoms. The molecule has 0 aliphatic carbocycles. The molecular formula is C15H19N5O. The SMILES string of the molecule is CCCNc1cnc(C(=O)Nc2cc(C)cc(C)n2)cn1. The second kappa shape index (κ2) is 6.78. The lowest BCUT2D eigenvalue weighted by molar-refractivity contribution is 0.102. The van der Waals surface area contributed by atoms with Crippen LogP contribution in [0.4, 0.5) is 11.6 Å². The van der Waals surface area contributed by atoms with Gasteiger partial charge < -0.3 is 10.6 Å². The van der Waals surface area contributed by atoms with E-state index in [1.54, 1.807) is 6.20 Å². The Kier molecular flexibility index (Phi) is 4.81. The summed E-state index contributed by atoms with van der Waals surface area (Å²) in [5.74, 6) is 0.868. The van der Waals surface area contributed by atoms with E-state index in [0.717, 1.165) is 24.2 Å². The molecule has 0 bridgehead atoms.